The van der Waals surface area contributed by atoms with Crippen LogP contribution in [0.1, 0.15) is 25.0 Å². The number of hydrogen-bond acceptors (Lipinski definition) is 2. The fourth-order valence-corrected chi connectivity index (χ4v) is 7.37. The molecular weight excluding hydrogens is 674 g/mol. The van der Waals surface area contributed by atoms with Crippen LogP contribution in [0.15, 0.2) is 17.9 Å². The molecule has 2 nitrogen and oxygen atoms in total. The Morgan fingerprint density at radius 2 is 0.800 bits per heavy atom. The lowest BCUT2D eigenvalue weighted by molar-refractivity contribution is 0.473. The van der Waals surface area contributed by atoms with E-state index in [9.17, 15) is 10.2 Å². The predicted octanol–water partition coefficient (Wildman–Crippen LogP) is 9.09. The second-order valence-corrected chi connectivity index (χ2v) is 10.3. The minimum absolute atomic E-state index is 0.0829. The van der Waals surface area contributed by atoms with Crippen molar-refractivity contribution in [3.8, 4) is 11.5 Å². The Labute approximate surface area is 198 Å². The highest BCUT2D eigenvalue weighted by Gasteiger charge is 2.37. The molecule has 0 unspecified atom stereocenters. The Balaban J connectivity index is 2.96. The lowest BCUT2D eigenvalue weighted by Gasteiger charge is -2.32. The molecule has 2 aromatic carbocycles. The van der Waals surface area contributed by atoms with E-state index in [0.29, 0.717) is 29.0 Å². The van der Waals surface area contributed by atoms with Crippen molar-refractivity contribution in [2.24, 2.45) is 0 Å². The lowest BCUT2D eigenvalue weighted by atomic mass is 9.78. The zero-order valence-electron chi connectivity index (χ0n) is 12.4. The van der Waals surface area contributed by atoms with E-state index >= 15 is 0 Å². The van der Waals surface area contributed by atoms with Crippen LogP contribution in [0.5, 0.6) is 11.5 Å². The van der Waals surface area contributed by atoms with Gasteiger partial charge in [0.15, 0.2) is 11.5 Å². The van der Waals surface area contributed by atoms with E-state index in [-0.39, 0.29) is 31.6 Å². The van der Waals surface area contributed by atoms with Crippen LogP contribution in [0.25, 0.3) is 0 Å². The first-order valence-corrected chi connectivity index (χ1v) is 11.1. The number of halogens is 8. The van der Waals surface area contributed by atoms with Crippen molar-refractivity contribution in [2.75, 3.05) is 0 Å². The van der Waals surface area contributed by atoms with Gasteiger partial charge in [0.2, 0.25) is 0 Å². The molecule has 0 bridgehead atoms. The van der Waals surface area contributed by atoms with E-state index in [4.69, 9.17) is 46.4 Å². The maximum Gasteiger partial charge on any atom is 0.155 e. The third-order valence-electron chi connectivity index (χ3n) is 3.73. The van der Waals surface area contributed by atoms with Gasteiger partial charge in [-0.05, 0) is 74.8 Å². The van der Waals surface area contributed by atoms with Crippen molar-refractivity contribution >= 4 is 110 Å². The van der Waals surface area contributed by atoms with Gasteiger partial charge in [-0.2, -0.15) is 0 Å². The van der Waals surface area contributed by atoms with Crippen molar-refractivity contribution < 1.29 is 10.2 Å². The molecule has 2 aromatic rings. The van der Waals surface area contributed by atoms with Crippen LogP contribution in [0.2, 0.25) is 20.1 Å². The van der Waals surface area contributed by atoms with E-state index in [0.717, 1.165) is 0 Å². The molecule has 0 aliphatic carbocycles. The minimum atomic E-state index is -0.753. The van der Waals surface area contributed by atoms with Gasteiger partial charge >= 0.3 is 0 Å². The largest absolute Gasteiger partial charge is 0.505 e. The van der Waals surface area contributed by atoms with Crippen molar-refractivity contribution in [3.05, 3.63) is 49.1 Å². The van der Waals surface area contributed by atoms with Gasteiger partial charge in [-0.25, -0.2) is 0 Å². The summed E-state index contributed by atoms with van der Waals surface area (Å²) >= 11 is 38.5. The van der Waals surface area contributed by atoms with Crippen LogP contribution in [0, 0.1) is 0 Å². The van der Waals surface area contributed by atoms with Crippen LogP contribution in [-0.4, -0.2) is 10.2 Å². The average molecular weight is 682 g/mol. The molecule has 0 radical (unpaired) electrons. The summed E-state index contributed by atoms with van der Waals surface area (Å²) in [7, 11) is 0. The van der Waals surface area contributed by atoms with Crippen LogP contribution in [-0.2, 0) is 5.41 Å². The first-order valence-electron chi connectivity index (χ1n) is 6.46. The number of hydrogen-bond donors (Lipinski definition) is 2. The quantitative estimate of drug-likeness (QED) is 0.311. The van der Waals surface area contributed by atoms with E-state index < -0.39 is 5.41 Å². The van der Waals surface area contributed by atoms with Crippen LogP contribution in [0.4, 0.5) is 0 Å². The summed E-state index contributed by atoms with van der Waals surface area (Å²) in [5.74, 6) is -0.469. The van der Waals surface area contributed by atoms with Crippen LogP contribution < -0.4 is 0 Å². The number of phenolic OH excluding ortho intramolecular Hbond substituents is 2. The van der Waals surface area contributed by atoms with Crippen molar-refractivity contribution in [1.29, 1.82) is 0 Å². The van der Waals surface area contributed by atoms with Gasteiger partial charge in [0.25, 0.3) is 0 Å². The van der Waals surface area contributed by atoms with Gasteiger partial charge in [-0.15, -0.1) is 0 Å². The molecule has 2 N–H and O–H groups in total. The molecule has 0 aliphatic heterocycles. The molecular formula is C15H8Br4Cl4O2. The summed E-state index contributed by atoms with van der Waals surface area (Å²) < 4.78 is 1.86. The Morgan fingerprint density at radius 1 is 0.600 bits per heavy atom. The second-order valence-electron chi connectivity index (χ2n) is 5.58. The third-order valence-corrected chi connectivity index (χ3v) is 9.29. The summed E-state index contributed by atoms with van der Waals surface area (Å²) in [6.07, 6.45) is 0. The number of phenols is 2. The van der Waals surface area contributed by atoms with E-state index in [2.05, 4.69) is 63.7 Å². The van der Waals surface area contributed by atoms with Gasteiger partial charge in [-0.1, -0.05) is 60.3 Å². The highest BCUT2D eigenvalue weighted by molar-refractivity contribution is 9.11. The number of benzene rings is 2. The van der Waals surface area contributed by atoms with Gasteiger partial charge in [-0.3, -0.25) is 0 Å². The first kappa shape index (κ1) is 22.4. The van der Waals surface area contributed by atoms with Gasteiger partial charge in [0, 0.05) is 23.3 Å². The summed E-state index contributed by atoms with van der Waals surface area (Å²) in [5.41, 5.74) is 0.580. The third kappa shape index (κ3) is 3.59. The Kier molecular flexibility index (Phi) is 7.05. The van der Waals surface area contributed by atoms with E-state index in [1.54, 1.807) is 0 Å². The van der Waals surface area contributed by atoms with E-state index in [1.165, 1.54) is 0 Å². The molecule has 0 heterocycles. The molecule has 0 saturated heterocycles. The minimum Gasteiger partial charge on any atom is -0.505 e. The molecule has 0 amide bonds. The molecule has 25 heavy (non-hydrogen) atoms. The Morgan fingerprint density at radius 3 is 1.00 bits per heavy atom. The fourth-order valence-electron chi connectivity index (χ4n) is 2.46. The Hall–Kier alpha value is 1.12. The van der Waals surface area contributed by atoms with Crippen molar-refractivity contribution in [2.45, 2.75) is 19.3 Å². The Bertz CT molecular complexity index is 771. The number of rotatable bonds is 2. The standard InChI is InChI=1S/C15H8Br4Cl4O2/c1-15(2,3-5(16)9(20)13(24)10(21)6(3)17)4-7(18)11(22)14(25)12(23)8(4)19/h24-25H,1-2H3. The normalized spacial score (nSPS) is 11.9. The summed E-state index contributed by atoms with van der Waals surface area (Å²) in [6, 6.07) is 0. The smallest absolute Gasteiger partial charge is 0.155 e. The van der Waals surface area contributed by atoms with E-state index in [1.807, 2.05) is 13.8 Å². The molecule has 10 heteroatoms. The van der Waals surface area contributed by atoms with Gasteiger partial charge < -0.3 is 10.2 Å². The topological polar surface area (TPSA) is 40.5 Å². The summed E-state index contributed by atoms with van der Waals surface area (Å²) in [4.78, 5) is 0. The van der Waals surface area contributed by atoms with Crippen LogP contribution >= 0.6 is 110 Å². The molecule has 0 aliphatic rings. The molecule has 0 fully saturated rings. The lowest BCUT2D eigenvalue weighted by Crippen LogP contribution is -2.22. The van der Waals surface area contributed by atoms with Crippen LogP contribution in [0.3, 0.4) is 0 Å². The molecule has 2 rings (SSSR count). The van der Waals surface area contributed by atoms with Gasteiger partial charge in [0.1, 0.15) is 0 Å². The van der Waals surface area contributed by atoms with Crippen molar-refractivity contribution in [1.82, 2.24) is 0 Å². The zero-order valence-corrected chi connectivity index (χ0v) is 21.8. The summed E-state index contributed by atoms with van der Waals surface area (Å²) in [5, 5.41) is 20.4. The molecule has 0 aromatic heterocycles. The maximum absolute atomic E-state index is 10.0. The number of aromatic hydroxyl groups is 2. The summed E-state index contributed by atoms with van der Waals surface area (Å²) in [6.45, 7) is 3.80. The zero-order chi connectivity index (χ0) is 19.4. The maximum atomic E-state index is 10.0. The highest BCUT2D eigenvalue weighted by atomic mass is 79.9. The van der Waals surface area contributed by atoms with Gasteiger partial charge in [0.05, 0.1) is 20.1 Å². The second kappa shape index (κ2) is 7.86. The average Bonchev–Trinajstić information content (AvgIpc) is 2.54. The molecule has 0 saturated carbocycles. The predicted molar refractivity (Wildman–Crippen MR) is 119 cm³/mol. The fraction of sp³-hybridized carbons (Fsp3) is 0.200. The SMILES string of the molecule is CC(C)(c1c(Br)c(Cl)c(O)c(Cl)c1Br)c1c(Br)c(Cl)c(O)c(Cl)c1Br. The first-order chi connectivity index (χ1) is 11.4. The molecule has 0 atom stereocenters. The monoisotopic (exact) mass is 676 g/mol. The molecule has 136 valence electrons. The highest BCUT2D eigenvalue weighted by Crippen LogP contribution is 2.55. The van der Waals surface area contributed by atoms with Crippen molar-refractivity contribution in [3.63, 3.8) is 0 Å². The molecule has 0 spiro atoms.